The molecule has 0 aliphatic carbocycles. The largest absolute Gasteiger partial charge is 0.385 e. The summed E-state index contributed by atoms with van der Waals surface area (Å²) in [6.45, 7) is 0.981. The van der Waals surface area contributed by atoms with Crippen molar-refractivity contribution in [3.8, 4) is 0 Å². The molecule has 10 heteroatoms. The normalized spacial score (nSPS) is 11.0. The standard InChI is InChI=1S/C17H17ClN4O3S2/c1-25-7-2-6-22-15(24)12-4-3-11(18)9-13(12)20-17(22)27-10-14(23)21-16-19-5-8-26-16/h3-5,8-9H,2,6-7,10H2,1H3,(H,19,21,23). The van der Waals surface area contributed by atoms with Gasteiger partial charge < -0.3 is 10.1 Å². The van der Waals surface area contributed by atoms with Gasteiger partial charge in [-0.1, -0.05) is 23.4 Å². The van der Waals surface area contributed by atoms with Gasteiger partial charge in [-0.3, -0.25) is 14.2 Å². The highest BCUT2D eigenvalue weighted by molar-refractivity contribution is 7.99. The highest BCUT2D eigenvalue weighted by atomic mass is 35.5. The molecule has 1 amide bonds. The molecule has 0 radical (unpaired) electrons. The minimum Gasteiger partial charge on any atom is -0.385 e. The summed E-state index contributed by atoms with van der Waals surface area (Å²) < 4.78 is 6.65. The zero-order chi connectivity index (χ0) is 19.2. The third kappa shape index (κ3) is 5.07. The van der Waals surface area contributed by atoms with E-state index in [0.29, 0.717) is 45.8 Å². The van der Waals surface area contributed by atoms with E-state index in [2.05, 4.69) is 15.3 Å². The van der Waals surface area contributed by atoms with Crippen LogP contribution in [0.3, 0.4) is 0 Å². The smallest absolute Gasteiger partial charge is 0.262 e. The Morgan fingerprint density at radius 1 is 1.44 bits per heavy atom. The van der Waals surface area contributed by atoms with Gasteiger partial charge in [0, 0.05) is 36.9 Å². The molecule has 3 aromatic rings. The Hall–Kier alpha value is -1.94. The van der Waals surface area contributed by atoms with Crippen LogP contribution in [-0.4, -0.2) is 39.9 Å². The van der Waals surface area contributed by atoms with Gasteiger partial charge in [0.15, 0.2) is 10.3 Å². The number of nitrogens with zero attached hydrogens (tertiary/aromatic N) is 3. The van der Waals surface area contributed by atoms with E-state index in [1.165, 1.54) is 23.1 Å². The Labute approximate surface area is 168 Å². The number of ether oxygens (including phenoxy) is 1. The number of fused-ring (bicyclic) bond motifs is 1. The van der Waals surface area contributed by atoms with Crippen LogP contribution in [0.1, 0.15) is 6.42 Å². The number of anilines is 1. The molecule has 0 atom stereocenters. The first kappa shape index (κ1) is 19.8. The Morgan fingerprint density at radius 3 is 3.04 bits per heavy atom. The van der Waals surface area contributed by atoms with Crippen molar-refractivity contribution in [2.45, 2.75) is 18.1 Å². The molecule has 3 rings (SSSR count). The fraction of sp³-hybridized carbons (Fsp3) is 0.294. The van der Waals surface area contributed by atoms with E-state index >= 15 is 0 Å². The second-order valence-corrected chi connectivity index (χ2v) is 7.81. The third-order valence-electron chi connectivity index (χ3n) is 3.62. The number of carbonyl (C=O) groups is 1. The molecule has 27 heavy (non-hydrogen) atoms. The van der Waals surface area contributed by atoms with Crippen molar-refractivity contribution in [3.05, 3.63) is 45.2 Å². The molecule has 0 fully saturated rings. The first-order chi connectivity index (χ1) is 13.1. The fourth-order valence-electron chi connectivity index (χ4n) is 2.42. The minimum absolute atomic E-state index is 0.113. The van der Waals surface area contributed by atoms with Gasteiger partial charge in [-0.05, 0) is 24.6 Å². The third-order valence-corrected chi connectivity index (χ3v) is 5.52. The maximum atomic E-state index is 12.9. The SMILES string of the molecule is COCCCn1c(SCC(=O)Nc2nccs2)nc2cc(Cl)ccc2c1=O. The average Bonchev–Trinajstić information content (AvgIpc) is 3.15. The lowest BCUT2D eigenvalue weighted by atomic mass is 10.2. The summed E-state index contributed by atoms with van der Waals surface area (Å²) in [5.41, 5.74) is 0.355. The van der Waals surface area contributed by atoms with E-state index in [1.807, 2.05) is 0 Å². The predicted molar refractivity (Wildman–Crippen MR) is 109 cm³/mol. The summed E-state index contributed by atoms with van der Waals surface area (Å²) in [5, 5.41) is 6.51. The van der Waals surface area contributed by atoms with Crippen LogP contribution in [0.15, 0.2) is 39.7 Å². The van der Waals surface area contributed by atoms with Crippen LogP contribution >= 0.6 is 34.7 Å². The molecule has 0 bridgehead atoms. The fourth-order valence-corrected chi connectivity index (χ4v) is 3.96. The summed E-state index contributed by atoms with van der Waals surface area (Å²) in [6, 6.07) is 4.99. The Balaban J connectivity index is 1.85. The number of rotatable bonds is 8. The highest BCUT2D eigenvalue weighted by Gasteiger charge is 2.14. The number of benzene rings is 1. The zero-order valence-electron chi connectivity index (χ0n) is 14.5. The molecule has 1 N–H and O–H groups in total. The summed E-state index contributed by atoms with van der Waals surface area (Å²) in [5.74, 6) is -0.0960. The van der Waals surface area contributed by atoms with Crippen LogP contribution in [-0.2, 0) is 16.1 Å². The molecule has 1 aromatic carbocycles. The molecule has 2 heterocycles. The van der Waals surface area contributed by atoms with Gasteiger partial charge in [0.1, 0.15) is 0 Å². The number of methoxy groups -OCH3 is 1. The summed E-state index contributed by atoms with van der Waals surface area (Å²) >= 11 is 8.58. The van der Waals surface area contributed by atoms with Crippen LogP contribution in [0.2, 0.25) is 5.02 Å². The van der Waals surface area contributed by atoms with E-state index in [1.54, 1.807) is 41.5 Å². The van der Waals surface area contributed by atoms with Crippen molar-refractivity contribution in [3.63, 3.8) is 0 Å². The van der Waals surface area contributed by atoms with Gasteiger partial charge >= 0.3 is 0 Å². The molecule has 7 nitrogen and oxygen atoms in total. The molecular weight excluding hydrogens is 408 g/mol. The van der Waals surface area contributed by atoms with Crippen molar-refractivity contribution >= 4 is 56.6 Å². The van der Waals surface area contributed by atoms with Crippen molar-refractivity contribution in [2.75, 3.05) is 24.8 Å². The van der Waals surface area contributed by atoms with Crippen molar-refractivity contribution in [1.29, 1.82) is 0 Å². The van der Waals surface area contributed by atoms with Gasteiger partial charge in [-0.2, -0.15) is 0 Å². The molecule has 0 aliphatic heterocycles. The molecule has 0 aliphatic rings. The number of hydrogen-bond acceptors (Lipinski definition) is 7. The number of thiazole rings is 1. The first-order valence-corrected chi connectivity index (χ1v) is 10.3. The number of nitrogens with one attached hydrogen (secondary N) is 1. The van der Waals surface area contributed by atoms with Gasteiger partial charge in [0.25, 0.3) is 5.56 Å². The molecule has 0 unspecified atom stereocenters. The zero-order valence-corrected chi connectivity index (χ0v) is 16.9. The molecule has 0 saturated carbocycles. The lowest BCUT2D eigenvalue weighted by Crippen LogP contribution is -2.25. The maximum absolute atomic E-state index is 12.9. The Morgan fingerprint density at radius 2 is 2.30 bits per heavy atom. The van der Waals surface area contributed by atoms with Gasteiger partial charge in [-0.25, -0.2) is 9.97 Å². The maximum Gasteiger partial charge on any atom is 0.262 e. The Kier molecular flexibility index (Phi) is 6.84. The van der Waals surface area contributed by atoms with Crippen LogP contribution in [0.4, 0.5) is 5.13 Å². The van der Waals surface area contributed by atoms with E-state index < -0.39 is 0 Å². The van der Waals surface area contributed by atoms with Crippen molar-refractivity contribution in [1.82, 2.24) is 14.5 Å². The molecule has 0 saturated heterocycles. The second-order valence-electron chi connectivity index (χ2n) is 5.53. The number of hydrogen-bond donors (Lipinski definition) is 1. The minimum atomic E-state index is -0.209. The number of amides is 1. The Bertz CT molecular complexity index is 992. The lowest BCUT2D eigenvalue weighted by molar-refractivity contribution is -0.113. The summed E-state index contributed by atoms with van der Waals surface area (Å²) in [6.07, 6.45) is 2.28. The van der Waals surface area contributed by atoms with Crippen molar-refractivity contribution < 1.29 is 9.53 Å². The van der Waals surface area contributed by atoms with E-state index in [0.717, 1.165) is 0 Å². The van der Waals surface area contributed by atoms with Gasteiger partial charge in [-0.15, -0.1) is 11.3 Å². The van der Waals surface area contributed by atoms with Crippen LogP contribution in [0, 0.1) is 0 Å². The van der Waals surface area contributed by atoms with E-state index in [-0.39, 0.29) is 17.2 Å². The lowest BCUT2D eigenvalue weighted by Gasteiger charge is -2.13. The number of carbonyl (C=O) groups excluding carboxylic acids is 1. The number of halogens is 1. The molecule has 2 aromatic heterocycles. The topological polar surface area (TPSA) is 86.1 Å². The number of thioether (sulfide) groups is 1. The average molecular weight is 425 g/mol. The van der Waals surface area contributed by atoms with Crippen molar-refractivity contribution in [2.24, 2.45) is 0 Å². The summed E-state index contributed by atoms with van der Waals surface area (Å²) in [4.78, 5) is 33.6. The summed E-state index contributed by atoms with van der Waals surface area (Å²) in [7, 11) is 1.61. The van der Waals surface area contributed by atoms with Gasteiger partial charge in [0.2, 0.25) is 5.91 Å². The van der Waals surface area contributed by atoms with Gasteiger partial charge in [0.05, 0.1) is 16.7 Å². The predicted octanol–water partition coefficient (Wildman–Crippen LogP) is 3.27. The van der Waals surface area contributed by atoms with E-state index in [9.17, 15) is 9.59 Å². The van der Waals surface area contributed by atoms with Crippen LogP contribution < -0.4 is 10.9 Å². The molecule has 142 valence electrons. The second kappa shape index (κ2) is 9.32. The first-order valence-electron chi connectivity index (χ1n) is 8.09. The molecule has 0 spiro atoms. The quantitative estimate of drug-likeness (QED) is 0.339. The van der Waals surface area contributed by atoms with Crippen LogP contribution in [0.25, 0.3) is 10.9 Å². The monoisotopic (exact) mass is 424 g/mol. The van der Waals surface area contributed by atoms with E-state index in [4.69, 9.17) is 16.3 Å². The van der Waals surface area contributed by atoms with Crippen LogP contribution in [0.5, 0.6) is 0 Å². The molecular formula is C17H17ClN4O3S2. The highest BCUT2D eigenvalue weighted by Crippen LogP contribution is 2.21. The number of aromatic nitrogens is 3.